The molecule has 2 fully saturated rings. The molecule has 18 nitrogen and oxygen atoms in total. The lowest BCUT2D eigenvalue weighted by atomic mass is 10.2. The van der Waals surface area contributed by atoms with Crippen LogP contribution in [0, 0.1) is 0 Å². The molecule has 1 aliphatic heterocycles. The Hall–Kier alpha value is -1.52. The Bertz CT molecular complexity index is 1220. The fourth-order valence-electron chi connectivity index (χ4n) is 3.64. The monoisotopic (exact) mass is 560 g/mol. The van der Waals surface area contributed by atoms with Crippen molar-refractivity contribution in [1.82, 2.24) is 19.5 Å². The van der Waals surface area contributed by atoms with Gasteiger partial charge in [0.15, 0.2) is 29.5 Å². The number of nitrogens with one attached hydrogen (secondary N) is 1. The van der Waals surface area contributed by atoms with Crippen molar-refractivity contribution in [2.24, 2.45) is 0 Å². The third-order valence-corrected chi connectivity index (χ3v) is 8.77. The minimum atomic E-state index is -5.62. The molecule has 0 aromatic carbocycles. The van der Waals surface area contributed by atoms with E-state index in [9.17, 15) is 23.5 Å². The molecule has 0 radical (unpaired) electrons. The molecule has 4 rings (SSSR count). The minimum Gasteiger partial charge on any atom is -0.368 e. The third-order valence-electron chi connectivity index (χ3n) is 4.97. The number of nitrogens with zero attached hydrogens (tertiary/aromatic N) is 4. The fraction of sp³-hybridized carbons (Fsp3) is 0.643. The molecule has 1 aliphatic carbocycles. The first-order valence-corrected chi connectivity index (χ1v) is 14.6. The quantitative estimate of drug-likeness (QED) is 0.221. The van der Waals surface area contributed by atoms with Crippen LogP contribution in [0.25, 0.3) is 11.2 Å². The highest BCUT2D eigenvalue weighted by Gasteiger charge is 2.41. The van der Waals surface area contributed by atoms with Gasteiger partial charge < -0.3 is 40.1 Å². The smallest absolute Gasteiger partial charge is 0.368 e. The molecular weight excluding hydrogens is 537 g/mol. The van der Waals surface area contributed by atoms with Crippen molar-refractivity contribution in [2.75, 3.05) is 24.3 Å². The Morgan fingerprint density at radius 2 is 1.83 bits per heavy atom. The second-order valence-electron chi connectivity index (χ2n) is 7.62. The molecular formula is C14H23N6O12P3. The van der Waals surface area contributed by atoms with Gasteiger partial charge in [0.05, 0.1) is 12.9 Å². The molecule has 3 heterocycles. The van der Waals surface area contributed by atoms with Crippen LogP contribution in [-0.2, 0) is 36.3 Å². The first-order chi connectivity index (χ1) is 16.3. The summed E-state index contributed by atoms with van der Waals surface area (Å²) in [6.07, 6.45) is 3.67. The van der Waals surface area contributed by atoms with Crippen LogP contribution in [0.5, 0.6) is 0 Å². The summed E-state index contributed by atoms with van der Waals surface area (Å²) >= 11 is 0. The highest BCUT2D eigenvalue weighted by Crippen LogP contribution is 2.66. The molecule has 35 heavy (non-hydrogen) atoms. The summed E-state index contributed by atoms with van der Waals surface area (Å²) < 4.78 is 58.2. The number of nitrogens with two attached hydrogens (primary N) is 1. The number of phosphoric ester groups is 1. The summed E-state index contributed by atoms with van der Waals surface area (Å²) in [5.41, 5.74) is 6.69. The first-order valence-electron chi connectivity index (χ1n) is 10.1. The standard InChI is InChI=1S/C14H23N6O12P3/c15-14-18-12(17-8-3-1-2-4-8)11-13(19-14)20(7-16-11)9-5-28-10(30-9)6-29-34(24,25)32-35(26,27)31-33(21,22)23/h7-10H,1-6H2,(H,24,25)(H,26,27)(H2,21,22,23)(H3,15,17,18,19). The highest BCUT2D eigenvalue weighted by molar-refractivity contribution is 7.66. The molecule has 2 aromatic heterocycles. The van der Waals surface area contributed by atoms with Gasteiger partial charge in [-0.1, -0.05) is 12.8 Å². The van der Waals surface area contributed by atoms with E-state index in [0.717, 1.165) is 25.7 Å². The number of ether oxygens (including phenoxy) is 2. The first kappa shape index (κ1) is 26.5. The molecule has 2 aliphatic rings. The Morgan fingerprint density at radius 3 is 2.51 bits per heavy atom. The van der Waals surface area contributed by atoms with Crippen LogP contribution in [0.2, 0.25) is 0 Å². The average molecular weight is 560 g/mol. The van der Waals surface area contributed by atoms with Gasteiger partial charge in [-0.2, -0.15) is 18.6 Å². The number of imidazole rings is 1. The Labute approximate surface area is 197 Å². The highest BCUT2D eigenvalue weighted by atomic mass is 31.3. The summed E-state index contributed by atoms with van der Waals surface area (Å²) in [6.45, 7) is -0.802. The SMILES string of the molecule is Nc1nc(NC2CCCC2)c2ncn(C3COC(COP(=O)(O)OP(=O)(O)OP(=O)(O)O)O3)c2n1. The van der Waals surface area contributed by atoms with Gasteiger partial charge in [0, 0.05) is 6.04 Å². The normalized spacial score (nSPS) is 25.0. The number of hydrogen-bond donors (Lipinski definition) is 6. The zero-order chi connectivity index (χ0) is 25.4. The van der Waals surface area contributed by atoms with E-state index in [1.54, 1.807) is 0 Å². The van der Waals surface area contributed by atoms with Crippen LogP contribution < -0.4 is 11.1 Å². The van der Waals surface area contributed by atoms with E-state index >= 15 is 0 Å². The lowest BCUT2D eigenvalue weighted by Crippen LogP contribution is -2.18. The summed E-state index contributed by atoms with van der Waals surface area (Å²) in [4.78, 5) is 48.6. The van der Waals surface area contributed by atoms with Gasteiger partial charge in [0.1, 0.15) is 6.61 Å². The Morgan fingerprint density at radius 1 is 1.11 bits per heavy atom. The largest absolute Gasteiger partial charge is 0.490 e. The summed E-state index contributed by atoms with van der Waals surface area (Å²) in [5, 5.41) is 3.33. The molecule has 2 aromatic rings. The van der Waals surface area contributed by atoms with E-state index in [0.29, 0.717) is 17.0 Å². The van der Waals surface area contributed by atoms with Gasteiger partial charge in [0.2, 0.25) is 5.95 Å². The number of anilines is 2. The second-order valence-corrected chi connectivity index (χ2v) is 12.0. The van der Waals surface area contributed by atoms with E-state index in [2.05, 4.69) is 33.4 Å². The molecule has 0 amide bonds. The zero-order valence-corrected chi connectivity index (χ0v) is 20.5. The third kappa shape index (κ3) is 7.04. The van der Waals surface area contributed by atoms with Crippen molar-refractivity contribution in [1.29, 1.82) is 0 Å². The van der Waals surface area contributed by atoms with Crippen molar-refractivity contribution in [2.45, 2.75) is 44.2 Å². The summed E-state index contributed by atoms with van der Waals surface area (Å²) in [5.74, 6) is 0.504. The zero-order valence-electron chi connectivity index (χ0n) is 17.8. The molecule has 0 bridgehead atoms. The molecule has 4 unspecified atom stereocenters. The molecule has 1 saturated heterocycles. The number of nitrogen functional groups attached to an aromatic ring is 1. The lowest BCUT2D eigenvalue weighted by Gasteiger charge is -2.18. The van der Waals surface area contributed by atoms with E-state index in [1.807, 2.05) is 0 Å². The van der Waals surface area contributed by atoms with Gasteiger partial charge in [-0.25, -0.2) is 18.7 Å². The van der Waals surface area contributed by atoms with Crippen LogP contribution in [0.1, 0.15) is 31.9 Å². The molecule has 196 valence electrons. The van der Waals surface area contributed by atoms with E-state index in [1.165, 1.54) is 10.9 Å². The van der Waals surface area contributed by atoms with Crippen molar-refractivity contribution in [3.8, 4) is 0 Å². The van der Waals surface area contributed by atoms with Crippen molar-refractivity contribution in [3.05, 3.63) is 6.33 Å². The van der Waals surface area contributed by atoms with Crippen molar-refractivity contribution in [3.63, 3.8) is 0 Å². The van der Waals surface area contributed by atoms with Gasteiger partial charge in [-0.05, 0) is 12.8 Å². The Balaban J connectivity index is 1.39. The predicted molar refractivity (Wildman–Crippen MR) is 115 cm³/mol. The molecule has 4 atom stereocenters. The lowest BCUT2D eigenvalue weighted by molar-refractivity contribution is -0.0961. The van der Waals surface area contributed by atoms with Crippen molar-refractivity contribution < 1.29 is 55.9 Å². The van der Waals surface area contributed by atoms with Crippen LogP contribution >= 0.6 is 23.5 Å². The number of rotatable bonds is 10. The topological polar surface area (TPSA) is 260 Å². The number of phosphoric acid groups is 3. The number of aromatic nitrogens is 4. The van der Waals surface area contributed by atoms with Gasteiger partial charge >= 0.3 is 23.5 Å². The van der Waals surface area contributed by atoms with E-state index in [-0.39, 0.29) is 18.6 Å². The number of fused-ring (bicyclic) bond motifs is 1. The number of hydrogen-bond acceptors (Lipinski definition) is 13. The maximum absolute atomic E-state index is 11.9. The fourth-order valence-corrected chi connectivity index (χ4v) is 6.65. The van der Waals surface area contributed by atoms with E-state index in [4.69, 9.17) is 25.0 Å². The maximum atomic E-state index is 11.9. The average Bonchev–Trinajstić information content (AvgIpc) is 3.44. The van der Waals surface area contributed by atoms with Gasteiger partial charge in [0.25, 0.3) is 0 Å². The predicted octanol–water partition coefficient (Wildman–Crippen LogP) is 0.978. The Kier molecular flexibility index (Phi) is 7.65. The molecule has 0 spiro atoms. The van der Waals surface area contributed by atoms with Crippen LogP contribution in [0.3, 0.4) is 0 Å². The molecule has 21 heteroatoms. The van der Waals surface area contributed by atoms with Gasteiger partial charge in [-0.15, -0.1) is 0 Å². The second kappa shape index (κ2) is 10.1. The summed E-state index contributed by atoms with van der Waals surface area (Å²) in [6, 6.07) is 0.253. The maximum Gasteiger partial charge on any atom is 0.490 e. The minimum absolute atomic E-state index is 0.0165. The molecule has 1 saturated carbocycles. The van der Waals surface area contributed by atoms with Crippen molar-refractivity contribution >= 4 is 46.4 Å². The molecule has 7 N–H and O–H groups in total. The van der Waals surface area contributed by atoms with Gasteiger partial charge in [-0.3, -0.25) is 9.09 Å². The summed E-state index contributed by atoms with van der Waals surface area (Å²) in [7, 11) is -16.4. The van der Waals surface area contributed by atoms with E-state index < -0.39 is 42.6 Å². The van der Waals surface area contributed by atoms with Crippen LogP contribution in [0.15, 0.2) is 6.33 Å². The van der Waals surface area contributed by atoms with Crippen LogP contribution in [0.4, 0.5) is 11.8 Å². The van der Waals surface area contributed by atoms with Crippen LogP contribution in [-0.4, -0.2) is 64.6 Å².